The summed E-state index contributed by atoms with van der Waals surface area (Å²) in [4.78, 5) is 32.4. The lowest BCUT2D eigenvalue weighted by Gasteiger charge is -2.18. The van der Waals surface area contributed by atoms with Gasteiger partial charge < -0.3 is 26.7 Å². The number of nitrogens with one attached hydrogen (secondary N) is 1. The van der Waals surface area contributed by atoms with Crippen LogP contribution in [0.25, 0.3) is 10.8 Å². The van der Waals surface area contributed by atoms with E-state index in [1.165, 1.54) is 12.3 Å². The summed E-state index contributed by atoms with van der Waals surface area (Å²) in [5.74, 6) is -0.565. The van der Waals surface area contributed by atoms with Crippen LogP contribution >= 0.6 is 0 Å². The molecule has 0 spiro atoms. The third-order valence-electron chi connectivity index (χ3n) is 5.77. The molecule has 3 aromatic rings. The Hall–Kier alpha value is -4.91. The molecular weight excluding hydrogens is 640 g/mol. The van der Waals surface area contributed by atoms with E-state index in [2.05, 4.69) is 9.82 Å². The van der Waals surface area contributed by atoms with Gasteiger partial charge in [-0.15, -0.1) is 0 Å². The number of amides is 1. The number of carboxylic acids is 2. The molecule has 1 atom stereocenters. The number of carbonyl (C=O) groups is 3. The number of halogens is 6. The van der Waals surface area contributed by atoms with Gasteiger partial charge in [-0.25, -0.2) is 18.0 Å². The average Bonchev–Trinajstić information content (AvgIpc) is 3.26. The summed E-state index contributed by atoms with van der Waals surface area (Å²) in [5, 5.41) is 19.4. The quantitative estimate of drug-likeness (QED) is 0.0861. The highest BCUT2D eigenvalue weighted by Gasteiger charge is 2.39. The molecule has 3 aromatic carbocycles. The molecule has 0 aliphatic carbocycles. The molecule has 0 unspecified atom stereocenters. The average molecular weight is 666 g/mol. The van der Waals surface area contributed by atoms with Crippen LogP contribution in [-0.4, -0.2) is 72.5 Å². The van der Waals surface area contributed by atoms with Crippen LogP contribution in [0.4, 0.5) is 32.0 Å². The Balaban J connectivity index is 0.000000421. The van der Waals surface area contributed by atoms with Crippen LogP contribution in [-0.2, 0) is 31.0 Å². The molecular formula is C26H25F6N5O7S. The number of benzene rings is 3. The first-order chi connectivity index (χ1) is 20.7. The van der Waals surface area contributed by atoms with Gasteiger partial charge in [-0.2, -0.15) is 36.2 Å². The summed E-state index contributed by atoms with van der Waals surface area (Å²) >= 11 is 0. The van der Waals surface area contributed by atoms with Crippen LogP contribution < -0.4 is 16.3 Å². The van der Waals surface area contributed by atoms with E-state index in [0.29, 0.717) is 25.2 Å². The van der Waals surface area contributed by atoms with Gasteiger partial charge in [-0.1, -0.05) is 30.3 Å². The van der Waals surface area contributed by atoms with Crippen molar-refractivity contribution in [1.29, 1.82) is 0 Å². The molecule has 0 aromatic heterocycles. The first kappa shape index (κ1) is 36.3. The number of hydrogen-bond donors (Lipinski definition) is 5. The number of anilines is 1. The molecule has 0 radical (unpaired) electrons. The number of sulfonamides is 1. The molecule has 19 heteroatoms. The van der Waals surface area contributed by atoms with Gasteiger partial charge in [-0.05, 0) is 58.7 Å². The zero-order valence-electron chi connectivity index (χ0n) is 22.7. The Labute approximate surface area is 251 Å². The minimum absolute atomic E-state index is 0.102. The zero-order valence-corrected chi connectivity index (χ0v) is 23.5. The molecule has 1 heterocycles. The predicted molar refractivity (Wildman–Crippen MR) is 148 cm³/mol. The number of nitrogens with zero attached hydrogens (tertiary/aromatic N) is 2. The third-order valence-corrected chi connectivity index (χ3v) is 7.24. The molecule has 1 amide bonds. The molecule has 4 rings (SSSR count). The van der Waals surface area contributed by atoms with Crippen molar-refractivity contribution < 1.29 is 59.4 Å². The standard InChI is InChI=1S/C22H23N5O3S.2C2HF3O2/c23-19-6-4-17-5-7-20(12-18(17)11-19)31(29,30)26-21-8-9-27(22(21)28)14-16-3-1-2-15(10-16)13-25-24;2*3-2(4,5)1(6)7/h1-7,10-13,21,26H,8-9,14,23-24H2;2*(H,6,7)/t21-;;/m0../s1. The number of fused-ring (bicyclic) bond motifs is 1. The number of likely N-dealkylation sites (tertiary alicyclic amines) is 1. The second-order valence-electron chi connectivity index (χ2n) is 9.12. The predicted octanol–water partition coefficient (Wildman–Crippen LogP) is 3.06. The van der Waals surface area contributed by atoms with Crippen LogP contribution in [0.1, 0.15) is 17.5 Å². The van der Waals surface area contributed by atoms with Crippen LogP contribution in [0.15, 0.2) is 70.7 Å². The summed E-state index contributed by atoms with van der Waals surface area (Å²) in [6.07, 6.45) is -8.23. The van der Waals surface area contributed by atoms with Crippen molar-refractivity contribution in [3.05, 3.63) is 71.8 Å². The minimum atomic E-state index is -5.08. The lowest BCUT2D eigenvalue weighted by molar-refractivity contribution is -0.193. The fraction of sp³-hybridized carbons (Fsp3) is 0.231. The highest BCUT2D eigenvalue weighted by molar-refractivity contribution is 7.89. The van der Waals surface area contributed by atoms with Gasteiger partial charge in [0.2, 0.25) is 15.9 Å². The van der Waals surface area contributed by atoms with Crippen LogP contribution in [0.2, 0.25) is 0 Å². The Bertz CT molecular complexity index is 1660. The molecule has 12 nitrogen and oxygen atoms in total. The van der Waals surface area contributed by atoms with Gasteiger partial charge in [-0.3, -0.25) is 4.79 Å². The third kappa shape index (κ3) is 10.9. The van der Waals surface area contributed by atoms with Crippen molar-refractivity contribution in [2.45, 2.75) is 36.3 Å². The van der Waals surface area contributed by atoms with E-state index >= 15 is 0 Å². The smallest absolute Gasteiger partial charge is 0.475 e. The summed E-state index contributed by atoms with van der Waals surface area (Å²) < 4.78 is 91.8. The van der Waals surface area contributed by atoms with Gasteiger partial charge in [0.05, 0.1) is 11.1 Å². The number of hydrazone groups is 1. The topological polar surface area (TPSA) is 205 Å². The number of rotatable bonds is 6. The van der Waals surface area contributed by atoms with E-state index in [-0.39, 0.29) is 10.8 Å². The zero-order chi connectivity index (χ0) is 34.2. The van der Waals surface area contributed by atoms with E-state index in [9.17, 15) is 39.6 Å². The van der Waals surface area contributed by atoms with Crippen molar-refractivity contribution in [1.82, 2.24) is 9.62 Å². The Morgan fingerprint density at radius 1 is 0.956 bits per heavy atom. The van der Waals surface area contributed by atoms with Gasteiger partial charge in [0.1, 0.15) is 6.04 Å². The number of alkyl halides is 6. The van der Waals surface area contributed by atoms with Crippen LogP contribution in [0.3, 0.4) is 0 Å². The van der Waals surface area contributed by atoms with Gasteiger partial charge >= 0.3 is 24.3 Å². The summed E-state index contributed by atoms with van der Waals surface area (Å²) in [6, 6.07) is 16.9. The molecule has 244 valence electrons. The van der Waals surface area contributed by atoms with E-state index in [1.54, 1.807) is 29.2 Å². The maximum absolute atomic E-state index is 12.9. The SMILES string of the molecule is NN=Cc1cccc(CN2CC[C@H](NS(=O)(=O)c3ccc4ccc(N)cc4c3)C2=O)c1.O=C(O)C(F)(F)F.O=C(O)C(F)(F)F. The first-order valence-electron chi connectivity index (χ1n) is 12.3. The second kappa shape index (κ2) is 14.7. The fourth-order valence-corrected chi connectivity index (χ4v) is 5.01. The number of nitrogens with two attached hydrogens (primary N) is 2. The summed E-state index contributed by atoms with van der Waals surface area (Å²) in [5.41, 5.74) is 8.12. The Kier molecular flexibility index (Phi) is 11.9. The maximum Gasteiger partial charge on any atom is 0.490 e. The van der Waals surface area contributed by atoms with E-state index in [0.717, 1.165) is 21.9 Å². The van der Waals surface area contributed by atoms with Gasteiger partial charge in [0.15, 0.2) is 0 Å². The molecule has 0 bridgehead atoms. The van der Waals surface area contributed by atoms with Crippen LogP contribution in [0, 0.1) is 0 Å². The van der Waals surface area contributed by atoms with Crippen molar-refractivity contribution in [3.8, 4) is 0 Å². The number of nitrogen functional groups attached to an aromatic ring is 1. The van der Waals surface area contributed by atoms with E-state index in [4.69, 9.17) is 31.4 Å². The monoisotopic (exact) mass is 665 g/mol. The van der Waals surface area contributed by atoms with Crippen LogP contribution in [0.5, 0.6) is 0 Å². The van der Waals surface area contributed by atoms with Crippen molar-refractivity contribution in [2.75, 3.05) is 12.3 Å². The van der Waals surface area contributed by atoms with E-state index in [1.807, 2.05) is 30.3 Å². The molecule has 0 saturated carbocycles. The number of carbonyl (C=O) groups excluding carboxylic acids is 1. The van der Waals surface area contributed by atoms with E-state index < -0.39 is 40.4 Å². The molecule has 1 aliphatic heterocycles. The number of hydrogen-bond acceptors (Lipinski definition) is 8. The molecule has 1 saturated heterocycles. The highest BCUT2D eigenvalue weighted by atomic mass is 32.2. The summed E-state index contributed by atoms with van der Waals surface area (Å²) in [6.45, 7) is 0.855. The van der Waals surface area contributed by atoms with Gasteiger partial charge in [0, 0.05) is 18.8 Å². The molecule has 45 heavy (non-hydrogen) atoms. The highest BCUT2D eigenvalue weighted by Crippen LogP contribution is 2.23. The Morgan fingerprint density at radius 3 is 2.09 bits per heavy atom. The molecule has 1 fully saturated rings. The lowest BCUT2D eigenvalue weighted by atomic mass is 10.1. The first-order valence-corrected chi connectivity index (χ1v) is 13.8. The largest absolute Gasteiger partial charge is 0.490 e. The minimum Gasteiger partial charge on any atom is -0.475 e. The number of aliphatic carboxylic acids is 2. The fourth-order valence-electron chi connectivity index (χ4n) is 3.75. The second-order valence-corrected chi connectivity index (χ2v) is 10.8. The van der Waals surface area contributed by atoms with Crippen molar-refractivity contribution in [2.24, 2.45) is 10.9 Å². The molecule has 1 aliphatic rings. The van der Waals surface area contributed by atoms with Crippen molar-refractivity contribution in [3.63, 3.8) is 0 Å². The maximum atomic E-state index is 12.9. The normalized spacial score (nSPS) is 15.3. The van der Waals surface area contributed by atoms with Gasteiger partial charge in [0.25, 0.3) is 0 Å². The summed E-state index contributed by atoms with van der Waals surface area (Å²) in [7, 11) is -3.86. The number of carboxylic acid groups (broad SMARTS) is 2. The Morgan fingerprint density at radius 2 is 1.53 bits per heavy atom. The lowest BCUT2D eigenvalue weighted by Crippen LogP contribution is -2.41. The molecule has 7 N–H and O–H groups in total. The van der Waals surface area contributed by atoms with Crippen molar-refractivity contribution >= 4 is 50.5 Å².